The Morgan fingerprint density at radius 1 is 1.22 bits per heavy atom. The van der Waals surface area contributed by atoms with Gasteiger partial charge in [0.1, 0.15) is 0 Å². The summed E-state index contributed by atoms with van der Waals surface area (Å²) in [6.45, 7) is 0.624. The second kappa shape index (κ2) is 7.43. The molecule has 2 saturated carbocycles. The van der Waals surface area contributed by atoms with Crippen molar-refractivity contribution in [3.05, 3.63) is 35.9 Å². The molecule has 2 fully saturated rings. The molecule has 1 amide bonds. The molecule has 1 aromatic carbocycles. The van der Waals surface area contributed by atoms with Gasteiger partial charge in [-0.3, -0.25) is 4.79 Å². The third-order valence-electron chi connectivity index (χ3n) is 5.01. The fourth-order valence-corrected chi connectivity index (χ4v) is 3.34. The van der Waals surface area contributed by atoms with Crippen LogP contribution in [0.3, 0.4) is 0 Å². The second-order valence-electron chi connectivity index (χ2n) is 6.84. The van der Waals surface area contributed by atoms with Crippen LogP contribution in [0.25, 0.3) is 0 Å². The van der Waals surface area contributed by atoms with Gasteiger partial charge in [-0.1, -0.05) is 30.3 Å². The van der Waals surface area contributed by atoms with Gasteiger partial charge in [-0.2, -0.15) is 0 Å². The van der Waals surface area contributed by atoms with Gasteiger partial charge in [0.25, 0.3) is 0 Å². The summed E-state index contributed by atoms with van der Waals surface area (Å²) < 4.78 is 5.84. The molecule has 4 N–H and O–H groups in total. The summed E-state index contributed by atoms with van der Waals surface area (Å²) in [5.41, 5.74) is 6.95. The van der Waals surface area contributed by atoms with E-state index in [1.54, 1.807) is 0 Å². The Bertz CT molecular complexity index is 516. The van der Waals surface area contributed by atoms with Crippen molar-refractivity contribution in [2.24, 2.45) is 11.7 Å². The van der Waals surface area contributed by atoms with E-state index in [0.29, 0.717) is 19.4 Å². The second-order valence-corrected chi connectivity index (χ2v) is 6.84. The summed E-state index contributed by atoms with van der Waals surface area (Å²) in [7, 11) is 0. The molecule has 0 radical (unpaired) electrons. The van der Waals surface area contributed by atoms with Gasteiger partial charge < -0.3 is 20.9 Å². The minimum Gasteiger partial charge on any atom is -0.391 e. The van der Waals surface area contributed by atoms with Crippen molar-refractivity contribution >= 4 is 5.91 Å². The largest absolute Gasteiger partial charge is 0.391 e. The van der Waals surface area contributed by atoms with Crippen LogP contribution in [0.5, 0.6) is 0 Å². The summed E-state index contributed by atoms with van der Waals surface area (Å²) in [4.78, 5) is 12.2. The molecule has 3 rings (SSSR count). The molecule has 0 aromatic heterocycles. The van der Waals surface area contributed by atoms with Crippen molar-refractivity contribution in [3.63, 3.8) is 0 Å². The van der Waals surface area contributed by atoms with E-state index in [0.717, 1.165) is 19.3 Å². The van der Waals surface area contributed by atoms with E-state index < -0.39 is 6.10 Å². The highest BCUT2D eigenvalue weighted by molar-refractivity contribution is 5.79. The van der Waals surface area contributed by atoms with Crippen LogP contribution in [0.2, 0.25) is 0 Å². The first-order chi connectivity index (χ1) is 11.1. The van der Waals surface area contributed by atoms with Gasteiger partial charge in [0.15, 0.2) is 0 Å². The molecule has 23 heavy (non-hydrogen) atoms. The van der Waals surface area contributed by atoms with Gasteiger partial charge in [-0.15, -0.1) is 0 Å². The van der Waals surface area contributed by atoms with Crippen LogP contribution in [-0.2, 0) is 16.1 Å². The lowest BCUT2D eigenvalue weighted by Gasteiger charge is -2.37. The number of aliphatic hydroxyl groups excluding tert-OH is 1. The van der Waals surface area contributed by atoms with E-state index in [1.165, 1.54) is 5.56 Å². The number of aliphatic hydroxyl groups is 1. The molecule has 126 valence electrons. The molecule has 0 bridgehead atoms. The van der Waals surface area contributed by atoms with E-state index in [9.17, 15) is 9.90 Å². The van der Waals surface area contributed by atoms with Crippen LogP contribution in [0, 0.1) is 5.92 Å². The zero-order chi connectivity index (χ0) is 16.2. The van der Waals surface area contributed by atoms with E-state index in [2.05, 4.69) is 17.4 Å². The molecule has 0 spiro atoms. The highest BCUT2D eigenvalue weighted by Gasteiger charge is 2.35. The monoisotopic (exact) mass is 318 g/mol. The van der Waals surface area contributed by atoms with E-state index in [4.69, 9.17) is 10.5 Å². The number of nitrogens with two attached hydrogens (primary N) is 1. The number of hydrogen-bond donors (Lipinski definition) is 3. The first-order valence-corrected chi connectivity index (χ1v) is 8.51. The van der Waals surface area contributed by atoms with Crippen LogP contribution >= 0.6 is 0 Å². The zero-order valence-corrected chi connectivity index (χ0v) is 13.4. The summed E-state index contributed by atoms with van der Waals surface area (Å²) in [6.07, 6.45) is 3.37. The van der Waals surface area contributed by atoms with Crippen molar-refractivity contribution in [2.75, 3.05) is 0 Å². The Hall–Kier alpha value is -1.43. The molecule has 3 atom stereocenters. The number of ether oxygens (including phenoxy) is 1. The molecular formula is C18H26N2O3. The standard InChI is InChI=1S/C18H26N2O3/c19-16-7-6-13(8-17(16)21)18(22)20-14-9-15(10-14)23-11-12-4-2-1-3-5-12/h1-5,13-17,21H,6-11,19H2,(H,20,22)/t13-,14?,15?,16+,17+/m0/s1. The predicted octanol–water partition coefficient (Wildman–Crippen LogP) is 1.34. The molecule has 2 aliphatic rings. The van der Waals surface area contributed by atoms with Crippen LogP contribution in [0.15, 0.2) is 30.3 Å². The third-order valence-corrected chi connectivity index (χ3v) is 5.01. The average molecular weight is 318 g/mol. The predicted molar refractivity (Wildman–Crippen MR) is 87.5 cm³/mol. The molecule has 0 saturated heterocycles. The number of carbonyl (C=O) groups is 1. The van der Waals surface area contributed by atoms with Crippen LogP contribution in [0.1, 0.15) is 37.7 Å². The lowest BCUT2D eigenvalue weighted by molar-refractivity contribution is -0.130. The molecule has 5 heteroatoms. The Morgan fingerprint density at radius 3 is 2.65 bits per heavy atom. The van der Waals surface area contributed by atoms with Gasteiger partial charge in [-0.05, 0) is 37.7 Å². The Balaban J connectivity index is 1.34. The van der Waals surface area contributed by atoms with Crippen molar-refractivity contribution in [1.82, 2.24) is 5.32 Å². The number of hydrogen-bond acceptors (Lipinski definition) is 4. The average Bonchev–Trinajstić information content (AvgIpc) is 2.52. The van der Waals surface area contributed by atoms with Crippen LogP contribution in [0.4, 0.5) is 0 Å². The van der Waals surface area contributed by atoms with Gasteiger partial charge >= 0.3 is 0 Å². The molecule has 5 nitrogen and oxygen atoms in total. The van der Waals surface area contributed by atoms with Gasteiger partial charge in [0, 0.05) is 18.0 Å². The highest BCUT2D eigenvalue weighted by atomic mass is 16.5. The van der Waals surface area contributed by atoms with E-state index in [1.807, 2.05) is 18.2 Å². The number of amides is 1. The lowest BCUT2D eigenvalue weighted by atomic mass is 9.82. The van der Waals surface area contributed by atoms with Gasteiger partial charge in [0.2, 0.25) is 5.91 Å². The zero-order valence-electron chi connectivity index (χ0n) is 13.4. The summed E-state index contributed by atoms with van der Waals surface area (Å²) in [5.74, 6) is -0.0449. The number of carbonyl (C=O) groups excluding carboxylic acids is 1. The topological polar surface area (TPSA) is 84.6 Å². The van der Waals surface area contributed by atoms with Crippen LogP contribution < -0.4 is 11.1 Å². The van der Waals surface area contributed by atoms with Crippen molar-refractivity contribution in [2.45, 2.75) is 63.0 Å². The fraction of sp³-hybridized carbons (Fsp3) is 0.611. The maximum atomic E-state index is 12.2. The minimum atomic E-state index is -0.553. The SMILES string of the molecule is N[C@@H]1CC[C@H](C(=O)NC2CC(OCc3ccccc3)C2)C[C@H]1O. The first kappa shape index (κ1) is 16.4. The van der Waals surface area contributed by atoms with Crippen molar-refractivity contribution in [1.29, 1.82) is 0 Å². The normalized spacial score (nSPS) is 33.7. The molecule has 1 aromatic rings. The third kappa shape index (κ3) is 4.31. The molecule has 0 aliphatic heterocycles. The Morgan fingerprint density at radius 2 is 1.96 bits per heavy atom. The van der Waals surface area contributed by atoms with Gasteiger partial charge in [0.05, 0.1) is 18.8 Å². The maximum absolute atomic E-state index is 12.2. The lowest BCUT2D eigenvalue weighted by Crippen LogP contribution is -2.51. The number of benzene rings is 1. The van der Waals surface area contributed by atoms with Crippen LogP contribution in [-0.4, -0.2) is 35.3 Å². The van der Waals surface area contributed by atoms with E-state index >= 15 is 0 Å². The molecule has 0 unspecified atom stereocenters. The maximum Gasteiger partial charge on any atom is 0.223 e. The Kier molecular flexibility index (Phi) is 5.30. The highest BCUT2D eigenvalue weighted by Crippen LogP contribution is 2.27. The molecular weight excluding hydrogens is 292 g/mol. The first-order valence-electron chi connectivity index (χ1n) is 8.51. The molecule has 2 aliphatic carbocycles. The quantitative estimate of drug-likeness (QED) is 0.765. The smallest absolute Gasteiger partial charge is 0.223 e. The molecule has 0 heterocycles. The summed E-state index contributed by atoms with van der Waals surface area (Å²) >= 11 is 0. The summed E-state index contributed by atoms with van der Waals surface area (Å²) in [5, 5.41) is 12.9. The Labute approximate surface area is 137 Å². The number of rotatable bonds is 5. The van der Waals surface area contributed by atoms with Crippen molar-refractivity contribution in [3.8, 4) is 0 Å². The minimum absolute atomic E-state index is 0.0578. The summed E-state index contributed by atoms with van der Waals surface area (Å²) in [6, 6.07) is 10.1. The van der Waals surface area contributed by atoms with E-state index in [-0.39, 0.29) is 30.0 Å². The number of nitrogens with one attached hydrogen (secondary N) is 1. The fourth-order valence-electron chi connectivity index (χ4n) is 3.34. The van der Waals surface area contributed by atoms with Gasteiger partial charge in [-0.25, -0.2) is 0 Å². The van der Waals surface area contributed by atoms with Crippen molar-refractivity contribution < 1.29 is 14.6 Å².